The van der Waals surface area contributed by atoms with Gasteiger partial charge in [0, 0.05) is 6.54 Å². The first-order valence-corrected chi connectivity index (χ1v) is 3.72. The van der Waals surface area contributed by atoms with Crippen molar-refractivity contribution < 1.29 is 18.3 Å². The Labute approximate surface area is 74.4 Å². The van der Waals surface area contributed by atoms with Gasteiger partial charge in [-0.1, -0.05) is 0 Å². The molecule has 0 aromatic rings. The standard InChI is InChI=1S/C7H11F3N2O/c1-6(4-11)12(2-3-13)5-7(8,9)10/h6,13H,2-3,5H2,1H3. The highest BCUT2D eigenvalue weighted by Gasteiger charge is 2.32. The molecule has 0 radical (unpaired) electrons. The van der Waals surface area contributed by atoms with Gasteiger partial charge in [0.05, 0.1) is 25.3 Å². The van der Waals surface area contributed by atoms with Crippen molar-refractivity contribution in [1.29, 1.82) is 5.26 Å². The van der Waals surface area contributed by atoms with Crippen molar-refractivity contribution >= 4 is 0 Å². The minimum atomic E-state index is -4.33. The molecule has 0 aliphatic rings. The molecule has 3 nitrogen and oxygen atoms in total. The van der Waals surface area contributed by atoms with Crippen LogP contribution in [-0.2, 0) is 0 Å². The highest BCUT2D eigenvalue weighted by molar-refractivity contribution is 4.88. The lowest BCUT2D eigenvalue weighted by atomic mass is 10.3. The molecular formula is C7H11F3N2O. The first-order chi connectivity index (χ1) is 5.90. The predicted octanol–water partition coefficient (Wildman–Crippen LogP) is 0.755. The number of aliphatic hydroxyl groups excluding tert-OH is 1. The van der Waals surface area contributed by atoms with Crippen LogP contribution in [0.15, 0.2) is 0 Å². The number of aliphatic hydroxyl groups is 1. The van der Waals surface area contributed by atoms with Gasteiger partial charge >= 0.3 is 6.18 Å². The van der Waals surface area contributed by atoms with E-state index in [4.69, 9.17) is 10.4 Å². The molecule has 0 rings (SSSR count). The fourth-order valence-corrected chi connectivity index (χ4v) is 0.850. The number of nitriles is 1. The second kappa shape index (κ2) is 5.04. The molecule has 0 saturated carbocycles. The molecule has 13 heavy (non-hydrogen) atoms. The minimum absolute atomic E-state index is 0.145. The molecule has 0 heterocycles. The van der Waals surface area contributed by atoms with E-state index in [0.29, 0.717) is 0 Å². The van der Waals surface area contributed by atoms with E-state index in [-0.39, 0.29) is 13.2 Å². The monoisotopic (exact) mass is 196 g/mol. The van der Waals surface area contributed by atoms with E-state index < -0.39 is 18.8 Å². The summed E-state index contributed by atoms with van der Waals surface area (Å²) in [6, 6.07) is 0.848. The van der Waals surface area contributed by atoms with E-state index in [9.17, 15) is 13.2 Å². The van der Waals surface area contributed by atoms with Gasteiger partial charge in [0.2, 0.25) is 0 Å². The van der Waals surface area contributed by atoms with Crippen LogP contribution in [0.4, 0.5) is 13.2 Å². The Morgan fingerprint density at radius 2 is 2.08 bits per heavy atom. The van der Waals surface area contributed by atoms with Crippen LogP contribution >= 0.6 is 0 Å². The molecule has 1 atom stereocenters. The van der Waals surface area contributed by atoms with Gasteiger partial charge in [-0.3, -0.25) is 4.90 Å². The quantitative estimate of drug-likeness (QED) is 0.721. The molecule has 0 aromatic heterocycles. The first-order valence-electron chi connectivity index (χ1n) is 3.72. The second-order valence-corrected chi connectivity index (χ2v) is 2.61. The zero-order valence-electron chi connectivity index (χ0n) is 7.17. The number of alkyl halides is 3. The smallest absolute Gasteiger partial charge is 0.395 e. The van der Waals surface area contributed by atoms with Crippen LogP contribution in [0.2, 0.25) is 0 Å². The van der Waals surface area contributed by atoms with Crippen LogP contribution in [0.3, 0.4) is 0 Å². The number of hydrogen-bond donors (Lipinski definition) is 1. The summed E-state index contributed by atoms with van der Waals surface area (Å²) in [6.07, 6.45) is -4.33. The molecule has 0 saturated heterocycles. The maximum absolute atomic E-state index is 11.9. The molecule has 76 valence electrons. The van der Waals surface area contributed by atoms with Crippen LogP contribution in [-0.4, -0.2) is 41.9 Å². The zero-order chi connectivity index (χ0) is 10.5. The summed E-state index contributed by atoms with van der Waals surface area (Å²) < 4.78 is 35.7. The fraction of sp³-hybridized carbons (Fsp3) is 0.857. The molecule has 1 N–H and O–H groups in total. The summed E-state index contributed by atoms with van der Waals surface area (Å²) in [5.74, 6) is 0. The Hall–Kier alpha value is -0.800. The maximum atomic E-state index is 11.9. The average molecular weight is 196 g/mol. The Bertz CT molecular complexity index is 187. The molecule has 1 unspecified atom stereocenters. The molecule has 0 fully saturated rings. The van der Waals surface area contributed by atoms with Crippen molar-refractivity contribution in [2.45, 2.75) is 19.1 Å². The number of rotatable bonds is 4. The largest absolute Gasteiger partial charge is 0.401 e. The summed E-state index contributed by atoms with van der Waals surface area (Å²) in [6.45, 7) is -0.333. The highest BCUT2D eigenvalue weighted by Crippen LogP contribution is 2.17. The topological polar surface area (TPSA) is 47.3 Å². The van der Waals surface area contributed by atoms with Crippen molar-refractivity contribution in [3.05, 3.63) is 0 Å². The van der Waals surface area contributed by atoms with Crippen LogP contribution in [0.5, 0.6) is 0 Å². The molecule has 0 aromatic carbocycles. The first kappa shape index (κ1) is 12.2. The van der Waals surface area contributed by atoms with Crippen molar-refractivity contribution in [1.82, 2.24) is 4.90 Å². The SMILES string of the molecule is CC(C#N)N(CCO)CC(F)(F)F. The van der Waals surface area contributed by atoms with Gasteiger partial charge in [-0.05, 0) is 6.92 Å². The van der Waals surface area contributed by atoms with Crippen LogP contribution in [0.25, 0.3) is 0 Å². The molecule has 0 aliphatic carbocycles. The van der Waals surface area contributed by atoms with Gasteiger partial charge < -0.3 is 5.11 Å². The Balaban J connectivity index is 4.19. The summed E-state index contributed by atoms with van der Waals surface area (Å²) in [5, 5.41) is 16.8. The van der Waals surface area contributed by atoms with E-state index in [2.05, 4.69) is 0 Å². The molecule has 6 heteroatoms. The number of nitrogens with zero attached hydrogens (tertiary/aromatic N) is 2. The Morgan fingerprint density at radius 1 is 1.54 bits per heavy atom. The minimum Gasteiger partial charge on any atom is -0.395 e. The molecule has 0 bridgehead atoms. The second-order valence-electron chi connectivity index (χ2n) is 2.61. The van der Waals surface area contributed by atoms with Crippen molar-refractivity contribution in [3.63, 3.8) is 0 Å². The van der Waals surface area contributed by atoms with Crippen molar-refractivity contribution in [2.75, 3.05) is 19.7 Å². The third-order valence-corrected chi connectivity index (χ3v) is 1.50. The van der Waals surface area contributed by atoms with E-state index in [1.807, 2.05) is 0 Å². The lowest BCUT2D eigenvalue weighted by molar-refractivity contribution is -0.148. The summed E-state index contributed by atoms with van der Waals surface area (Å²) in [5.41, 5.74) is 0. The Kier molecular flexibility index (Phi) is 4.73. The van der Waals surface area contributed by atoms with Crippen molar-refractivity contribution in [3.8, 4) is 6.07 Å². The van der Waals surface area contributed by atoms with Crippen LogP contribution < -0.4 is 0 Å². The van der Waals surface area contributed by atoms with E-state index in [0.717, 1.165) is 4.90 Å². The third-order valence-electron chi connectivity index (χ3n) is 1.50. The van der Waals surface area contributed by atoms with E-state index in [1.165, 1.54) is 6.92 Å². The van der Waals surface area contributed by atoms with Gasteiger partial charge in [-0.15, -0.1) is 0 Å². The van der Waals surface area contributed by atoms with E-state index >= 15 is 0 Å². The Morgan fingerprint density at radius 3 is 2.38 bits per heavy atom. The summed E-state index contributed by atoms with van der Waals surface area (Å²) >= 11 is 0. The van der Waals surface area contributed by atoms with Gasteiger partial charge in [0.1, 0.15) is 0 Å². The van der Waals surface area contributed by atoms with Gasteiger partial charge in [-0.25, -0.2) is 0 Å². The van der Waals surface area contributed by atoms with Crippen LogP contribution in [0.1, 0.15) is 6.92 Å². The molecule has 0 aliphatic heterocycles. The highest BCUT2D eigenvalue weighted by atomic mass is 19.4. The molecule has 0 spiro atoms. The van der Waals surface area contributed by atoms with Gasteiger partial charge in [0.15, 0.2) is 0 Å². The predicted molar refractivity (Wildman–Crippen MR) is 39.8 cm³/mol. The summed E-state index contributed by atoms with van der Waals surface area (Å²) in [7, 11) is 0. The number of hydrogen-bond acceptors (Lipinski definition) is 3. The van der Waals surface area contributed by atoms with Crippen LogP contribution in [0, 0.1) is 11.3 Å². The molecule has 0 amide bonds. The number of halogens is 3. The normalized spacial score (nSPS) is 14.2. The van der Waals surface area contributed by atoms with Crippen molar-refractivity contribution in [2.24, 2.45) is 0 Å². The summed E-state index contributed by atoms with van der Waals surface area (Å²) in [4.78, 5) is 0.875. The lowest BCUT2D eigenvalue weighted by Gasteiger charge is -2.24. The van der Waals surface area contributed by atoms with E-state index in [1.54, 1.807) is 6.07 Å². The maximum Gasteiger partial charge on any atom is 0.401 e. The molecular weight excluding hydrogens is 185 g/mol. The average Bonchev–Trinajstić information content (AvgIpc) is 2.00. The third kappa shape index (κ3) is 5.44. The fourth-order valence-electron chi connectivity index (χ4n) is 0.850. The lowest BCUT2D eigenvalue weighted by Crippen LogP contribution is -2.41. The van der Waals surface area contributed by atoms with Gasteiger partial charge in [0.25, 0.3) is 0 Å². The zero-order valence-corrected chi connectivity index (χ0v) is 7.17. The van der Waals surface area contributed by atoms with Gasteiger partial charge in [-0.2, -0.15) is 18.4 Å².